The molecule has 3 aromatic rings. The van der Waals surface area contributed by atoms with Crippen molar-refractivity contribution in [2.75, 3.05) is 0 Å². The van der Waals surface area contributed by atoms with Gasteiger partial charge in [-0.25, -0.2) is 9.66 Å². The first-order chi connectivity index (χ1) is 11.0. The van der Waals surface area contributed by atoms with Crippen LogP contribution in [0.3, 0.4) is 0 Å². The van der Waals surface area contributed by atoms with E-state index in [2.05, 4.69) is 10.1 Å². The Morgan fingerprint density at radius 1 is 1.26 bits per heavy atom. The maximum absolute atomic E-state index is 10.8. The Hall–Kier alpha value is -3.22. The minimum absolute atomic E-state index is 0.0733. The maximum Gasteiger partial charge on any atom is 0.270 e. The number of imidazole rings is 1. The third kappa shape index (κ3) is 2.76. The smallest absolute Gasteiger partial charge is 0.270 e. The number of hydrogen-bond donors (Lipinski definition) is 1. The lowest BCUT2D eigenvalue weighted by molar-refractivity contribution is -0.384. The molecule has 116 valence electrons. The monoisotopic (exact) mass is 310 g/mol. The predicted molar refractivity (Wildman–Crippen MR) is 87.0 cm³/mol. The molecule has 2 aromatic carbocycles. The summed E-state index contributed by atoms with van der Waals surface area (Å²) in [7, 11) is 0. The van der Waals surface area contributed by atoms with Crippen LogP contribution in [0.2, 0.25) is 0 Å². The summed E-state index contributed by atoms with van der Waals surface area (Å²) >= 11 is 0. The topological polar surface area (TPSA) is 93.5 Å². The summed E-state index contributed by atoms with van der Waals surface area (Å²) in [6.45, 7) is 4.01. The largest absolute Gasteiger partial charge is 0.507 e. The Kier molecular flexibility index (Phi) is 3.53. The first-order valence-electron chi connectivity index (χ1n) is 6.92. The number of aryl methyl sites for hydroxylation is 2. The van der Waals surface area contributed by atoms with Crippen molar-refractivity contribution in [3.05, 3.63) is 63.5 Å². The molecule has 0 amide bonds. The molecule has 0 unspecified atom stereocenters. The van der Waals surface area contributed by atoms with Gasteiger partial charge in [0, 0.05) is 17.7 Å². The standard InChI is InChI=1S/C16H14N4O3/c1-10-5-14-15(6-11(10)2)19(9-17-14)18-8-12-7-13(20(22)23)3-4-16(12)21/h3-9,21H,1-2H3/b18-8-. The lowest BCUT2D eigenvalue weighted by Gasteiger charge is -2.02. The second-order valence-corrected chi connectivity index (χ2v) is 5.26. The van der Waals surface area contributed by atoms with Crippen LogP contribution in [0.15, 0.2) is 41.8 Å². The highest BCUT2D eigenvalue weighted by molar-refractivity contribution is 5.85. The van der Waals surface area contributed by atoms with E-state index < -0.39 is 4.92 Å². The van der Waals surface area contributed by atoms with Gasteiger partial charge in [-0.05, 0) is 43.2 Å². The Bertz CT molecular complexity index is 944. The molecule has 1 heterocycles. The minimum atomic E-state index is -0.518. The minimum Gasteiger partial charge on any atom is -0.507 e. The van der Waals surface area contributed by atoms with Gasteiger partial charge in [-0.2, -0.15) is 5.10 Å². The summed E-state index contributed by atoms with van der Waals surface area (Å²) in [4.78, 5) is 14.6. The summed E-state index contributed by atoms with van der Waals surface area (Å²) in [5.74, 6) is -0.0733. The zero-order chi connectivity index (χ0) is 16.6. The number of aromatic hydroxyl groups is 1. The van der Waals surface area contributed by atoms with E-state index >= 15 is 0 Å². The number of hydrogen-bond acceptors (Lipinski definition) is 5. The van der Waals surface area contributed by atoms with Gasteiger partial charge in [0.15, 0.2) is 0 Å². The number of rotatable bonds is 3. The van der Waals surface area contributed by atoms with Gasteiger partial charge in [0.05, 0.1) is 22.2 Å². The first-order valence-corrected chi connectivity index (χ1v) is 6.92. The number of nitrogens with zero attached hydrogens (tertiary/aromatic N) is 4. The van der Waals surface area contributed by atoms with Crippen molar-refractivity contribution in [3.8, 4) is 5.75 Å². The second kappa shape index (κ2) is 5.53. The van der Waals surface area contributed by atoms with Gasteiger partial charge in [0.1, 0.15) is 12.1 Å². The molecule has 0 saturated carbocycles. The Morgan fingerprint density at radius 2 is 2.00 bits per heavy atom. The van der Waals surface area contributed by atoms with Crippen LogP contribution < -0.4 is 0 Å². The fraction of sp³-hybridized carbons (Fsp3) is 0.125. The third-order valence-electron chi connectivity index (χ3n) is 3.69. The molecule has 0 aliphatic rings. The third-order valence-corrected chi connectivity index (χ3v) is 3.69. The van der Waals surface area contributed by atoms with Crippen LogP contribution in [0.1, 0.15) is 16.7 Å². The molecule has 3 rings (SSSR count). The molecule has 7 nitrogen and oxygen atoms in total. The molecule has 23 heavy (non-hydrogen) atoms. The van der Waals surface area contributed by atoms with Gasteiger partial charge >= 0.3 is 0 Å². The highest BCUT2D eigenvalue weighted by Gasteiger charge is 2.09. The van der Waals surface area contributed by atoms with Crippen molar-refractivity contribution >= 4 is 22.9 Å². The molecule has 1 N–H and O–H groups in total. The number of phenols is 1. The van der Waals surface area contributed by atoms with Gasteiger partial charge in [-0.3, -0.25) is 10.1 Å². The molecule has 0 saturated heterocycles. The molecule has 0 radical (unpaired) electrons. The van der Waals surface area contributed by atoms with Crippen LogP contribution >= 0.6 is 0 Å². The van der Waals surface area contributed by atoms with E-state index in [4.69, 9.17) is 0 Å². The number of phenolic OH excluding ortho intramolecular Hbond substituents is 1. The SMILES string of the molecule is Cc1cc2ncn(/N=C\c3cc([N+](=O)[O-])ccc3O)c2cc1C. The Morgan fingerprint density at radius 3 is 2.74 bits per heavy atom. The lowest BCUT2D eigenvalue weighted by atomic mass is 10.1. The molecule has 1 aromatic heterocycles. The number of nitro benzene ring substituents is 1. The fourth-order valence-electron chi connectivity index (χ4n) is 2.23. The van der Waals surface area contributed by atoms with Crippen molar-refractivity contribution in [1.82, 2.24) is 9.66 Å². The van der Waals surface area contributed by atoms with E-state index in [0.717, 1.165) is 22.2 Å². The number of nitro groups is 1. The van der Waals surface area contributed by atoms with E-state index in [1.807, 2.05) is 26.0 Å². The molecule has 0 bridgehead atoms. The normalized spacial score (nSPS) is 11.4. The zero-order valence-electron chi connectivity index (χ0n) is 12.6. The number of non-ortho nitro benzene ring substituents is 1. The first kappa shape index (κ1) is 14.7. The summed E-state index contributed by atoms with van der Waals surface area (Å²) in [6, 6.07) is 7.74. The Labute approximate surface area is 131 Å². The van der Waals surface area contributed by atoms with E-state index in [0.29, 0.717) is 0 Å². The van der Waals surface area contributed by atoms with Crippen LogP contribution in [0.25, 0.3) is 11.0 Å². The maximum atomic E-state index is 10.8. The average Bonchev–Trinajstić information content (AvgIpc) is 2.89. The average molecular weight is 310 g/mol. The summed E-state index contributed by atoms with van der Waals surface area (Å²) in [5.41, 5.74) is 4.06. The van der Waals surface area contributed by atoms with Crippen molar-refractivity contribution in [2.45, 2.75) is 13.8 Å². The van der Waals surface area contributed by atoms with Crippen LogP contribution in [0.5, 0.6) is 5.75 Å². The highest BCUT2D eigenvalue weighted by Crippen LogP contribution is 2.22. The fourth-order valence-corrected chi connectivity index (χ4v) is 2.23. The van der Waals surface area contributed by atoms with E-state index in [-0.39, 0.29) is 17.0 Å². The summed E-state index contributed by atoms with van der Waals surface area (Å²) in [6.07, 6.45) is 2.94. The van der Waals surface area contributed by atoms with Gasteiger partial charge in [0.25, 0.3) is 5.69 Å². The van der Waals surface area contributed by atoms with Gasteiger partial charge in [-0.15, -0.1) is 0 Å². The van der Waals surface area contributed by atoms with Crippen molar-refractivity contribution in [2.24, 2.45) is 5.10 Å². The van der Waals surface area contributed by atoms with Gasteiger partial charge in [-0.1, -0.05) is 0 Å². The molecule has 7 heteroatoms. The molecule has 0 aliphatic heterocycles. The van der Waals surface area contributed by atoms with E-state index in [1.165, 1.54) is 24.4 Å². The van der Waals surface area contributed by atoms with E-state index in [9.17, 15) is 15.2 Å². The molecular weight excluding hydrogens is 296 g/mol. The molecule has 0 atom stereocenters. The number of benzene rings is 2. The highest BCUT2D eigenvalue weighted by atomic mass is 16.6. The van der Waals surface area contributed by atoms with Gasteiger partial charge in [0.2, 0.25) is 0 Å². The van der Waals surface area contributed by atoms with Crippen molar-refractivity contribution in [3.63, 3.8) is 0 Å². The second-order valence-electron chi connectivity index (χ2n) is 5.26. The molecule has 0 fully saturated rings. The quantitative estimate of drug-likeness (QED) is 0.457. The number of fused-ring (bicyclic) bond motifs is 1. The van der Waals surface area contributed by atoms with Crippen LogP contribution in [-0.4, -0.2) is 25.9 Å². The molecule has 0 aliphatic carbocycles. The van der Waals surface area contributed by atoms with Crippen LogP contribution in [0, 0.1) is 24.0 Å². The van der Waals surface area contributed by atoms with Gasteiger partial charge < -0.3 is 5.11 Å². The van der Waals surface area contributed by atoms with Crippen molar-refractivity contribution in [1.29, 1.82) is 0 Å². The number of aromatic nitrogens is 2. The van der Waals surface area contributed by atoms with Crippen LogP contribution in [0.4, 0.5) is 5.69 Å². The predicted octanol–water partition coefficient (Wildman–Crippen LogP) is 3.15. The van der Waals surface area contributed by atoms with Crippen LogP contribution in [-0.2, 0) is 0 Å². The Balaban J connectivity index is 2.02. The molecule has 0 spiro atoms. The van der Waals surface area contributed by atoms with E-state index in [1.54, 1.807) is 11.0 Å². The lowest BCUT2D eigenvalue weighted by Crippen LogP contribution is -1.93. The summed E-state index contributed by atoms with van der Waals surface area (Å²) in [5, 5.41) is 24.8. The molecular formula is C16H14N4O3. The van der Waals surface area contributed by atoms with Crippen molar-refractivity contribution < 1.29 is 10.0 Å². The zero-order valence-corrected chi connectivity index (χ0v) is 12.6. The summed E-state index contributed by atoms with van der Waals surface area (Å²) < 4.78 is 1.57.